The number of hydrogen-bond acceptors (Lipinski definition) is 5. The molecule has 1 saturated carbocycles. The molecule has 2 aliphatic rings. The van der Waals surface area contributed by atoms with E-state index in [1.807, 2.05) is 13.0 Å². The highest BCUT2D eigenvalue weighted by Crippen LogP contribution is 2.28. The number of anilines is 1. The molecule has 1 amide bonds. The Labute approximate surface area is 161 Å². The van der Waals surface area contributed by atoms with Crippen LogP contribution in [0.3, 0.4) is 0 Å². The molecular formula is C20H31N5O2. The van der Waals surface area contributed by atoms with E-state index in [4.69, 9.17) is 5.73 Å². The molecule has 0 aromatic carbocycles. The summed E-state index contributed by atoms with van der Waals surface area (Å²) in [5, 5.41) is 13.7. The first kappa shape index (κ1) is 19.8. The van der Waals surface area contributed by atoms with Gasteiger partial charge in [0.2, 0.25) is 0 Å². The summed E-state index contributed by atoms with van der Waals surface area (Å²) in [5.41, 5.74) is 6.97. The maximum Gasteiger partial charge on any atom is 0.282 e. The Morgan fingerprint density at radius 3 is 2.81 bits per heavy atom. The number of rotatable bonds is 5. The number of aliphatic imine (C=N–C) groups is 1. The number of aromatic nitrogens is 1. The second-order valence-electron chi connectivity index (χ2n) is 7.87. The normalized spacial score (nSPS) is 24.4. The minimum Gasteiger partial charge on any atom is -0.396 e. The molecule has 4 N–H and O–H groups in total. The number of hydrogen-bond donors (Lipinski definition) is 3. The van der Waals surface area contributed by atoms with Crippen molar-refractivity contribution in [1.82, 2.24) is 10.3 Å². The molecule has 1 aliphatic heterocycles. The fourth-order valence-electron chi connectivity index (χ4n) is 4.22. The Morgan fingerprint density at radius 1 is 1.41 bits per heavy atom. The predicted molar refractivity (Wildman–Crippen MR) is 107 cm³/mol. The molecule has 2 unspecified atom stereocenters. The van der Waals surface area contributed by atoms with Crippen molar-refractivity contribution in [3.8, 4) is 0 Å². The van der Waals surface area contributed by atoms with Crippen molar-refractivity contribution >= 4 is 17.6 Å². The van der Waals surface area contributed by atoms with Gasteiger partial charge in [-0.15, -0.1) is 0 Å². The van der Waals surface area contributed by atoms with Gasteiger partial charge in [-0.2, -0.15) is 4.99 Å². The second-order valence-corrected chi connectivity index (χ2v) is 7.87. The van der Waals surface area contributed by atoms with Gasteiger partial charge in [-0.3, -0.25) is 4.79 Å². The summed E-state index contributed by atoms with van der Waals surface area (Å²) < 4.78 is 0. The number of aliphatic hydroxyl groups is 1. The predicted octanol–water partition coefficient (Wildman–Crippen LogP) is 1.63. The summed E-state index contributed by atoms with van der Waals surface area (Å²) in [4.78, 5) is 23.0. The Kier molecular flexibility index (Phi) is 6.44. The molecule has 1 saturated heterocycles. The Balaban J connectivity index is 1.77. The zero-order chi connectivity index (χ0) is 19.4. The van der Waals surface area contributed by atoms with Crippen LogP contribution in [0.25, 0.3) is 0 Å². The SMILES string of the molecule is CC(N)=NC(=O)c1cc(C)cnc1N1CCC(NC2CCCC2)C(CO)C1. The highest BCUT2D eigenvalue weighted by atomic mass is 16.3. The number of piperidine rings is 1. The smallest absolute Gasteiger partial charge is 0.282 e. The van der Waals surface area contributed by atoms with Crippen LogP contribution >= 0.6 is 0 Å². The van der Waals surface area contributed by atoms with Crippen LogP contribution in [0.2, 0.25) is 0 Å². The lowest BCUT2D eigenvalue weighted by molar-refractivity contribution is 0.100. The number of nitrogens with two attached hydrogens (primary N) is 1. The first-order valence-electron chi connectivity index (χ1n) is 9.91. The van der Waals surface area contributed by atoms with E-state index in [0.717, 1.165) is 18.5 Å². The Morgan fingerprint density at radius 2 is 2.15 bits per heavy atom. The first-order valence-corrected chi connectivity index (χ1v) is 9.91. The maximum absolute atomic E-state index is 12.5. The van der Waals surface area contributed by atoms with Crippen LogP contribution in [0.15, 0.2) is 17.3 Å². The average Bonchev–Trinajstić information content (AvgIpc) is 3.14. The molecule has 7 heteroatoms. The number of amidine groups is 1. The first-order chi connectivity index (χ1) is 13.0. The van der Waals surface area contributed by atoms with Gasteiger partial charge in [-0.05, 0) is 44.7 Å². The third-order valence-corrected chi connectivity index (χ3v) is 5.58. The lowest BCUT2D eigenvalue weighted by Crippen LogP contribution is -2.53. The number of nitrogens with one attached hydrogen (secondary N) is 1. The van der Waals surface area contributed by atoms with Gasteiger partial charge in [0.25, 0.3) is 5.91 Å². The summed E-state index contributed by atoms with van der Waals surface area (Å²) >= 11 is 0. The third kappa shape index (κ3) is 4.84. The molecule has 1 aromatic rings. The number of aryl methyl sites for hydroxylation is 1. The molecule has 2 atom stereocenters. The molecule has 148 valence electrons. The molecule has 3 rings (SSSR count). The zero-order valence-corrected chi connectivity index (χ0v) is 16.3. The lowest BCUT2D eigenvalue weighted by atomic mass is 9.91. The van der Waals surface area contributed by atoms with Gasteiger partial charge in [0, 0.05) is 43.9 Å². The highest BCUT2D eigenvalue weighted by molar-refractivity contribution is 6.05. The van der Waals surface area contributed by atoms with Crippen LogP contribution in [-0.4, -0.2) is 53.6 Å². The van der Waals surface area contributed by atoms with Gasteiger partial charge < -0.3 is 21.1 Å². The van der Waals surface area contributed by atoms with E-state index in [9.17, 15) is 9.90 Å². The van der Waals surface area contributed by atoms with Crippen molar-refractivity contribution in [3.05, 3.63) is 23.4 Å². The number of aliphatic hydroxyl groups excluding tert-OH is 1. The minimum absolute atomic E-state index is 0.116. The van der Waals surface area contributed by atoms with Crippen molar-refractivity contribution in [2.24, 2.45) is 16.6 Å². The quantitative estimate of drug-likeness (QED) is 0.535. The van der Waals surface area contributed by atoms with E-state index in [1.165, 1.54) is 25.7 Å². The Bertz CT molecular complexity index is 696. The van der Waals surface area contributed by atoms with Crippen molar-refractivity contribution in [2.75, 3.05) is 24.6 Å². The average molecular weight is 374 g/mol. The maximum atomic E-state index is 12.5. The largest absolute Gasteiger partial charge is 0.396 e. The number of amides is 1. The Hall–Kier alpha value is -1.99. The van der Waals surface area contributed by atoms with Crippen LogP contribution in [0.5, 0.6) is 0 Å². The molecule has 2 heterocycles. The van der Waals surface area contributed by atoms with Crippen molar-refractivity contribution in [3.63, 3.8) is 0 Å². The van der Waals surface area contributed by atoms with Crippen LogP contribution in [0.4, 0.5) is 5.82 Å². The van der Waals surface area contributed by atoms with E-state index >= 15 is 0 Å². The summed E-state index contributed by atoms with van der Waals surface area (Å²) in [7, 11) is 0. The topological polar surface area (TPSA) is 104 Å². The highest BCUT2D eigenvalue weighted by Gasteiger charge is 2.32. The van der Waals surface area contributed by atoms with E-state index in [1.54, 1.807) is 13.1 Å². The fraction of sp³-hybridized carbons (Fsp3) is 0.650. The lowest BCUT2D eigenvalue weighted by Gasteiger charge is -2.40. The van der Waals surface area contributed by atoms with Crippen molar-refractivity contribution in [2.45, 2.75) is 58.0 Å². The third-order valence-electron chi connectivity index (χ3n) is 5.58. The van der Waals surface area contributed by atoms with Crippen molar-refractivity contribution in [1.29, 1.82) is 0 Å². The molecule has 7 nitrogen and oxygen atoms in total. The molecule has 1 aliphatic carbocycles. The van der Waals surface area contributed by atoms with Gasteiger partial charge in [-0.1, -0.05) is 12.8 Å². The summed E-state index contributed by atoms with van der Waals surface area (Å²) in [6.07, 6.45) is 7.73. The van der Waals surface area contributed by atoms with Gasteiger partial charge >= 0.3 is 0 Å². The molecule has 27 heavy (non-hydrogen) atoms. The van der Waals surface area contributed by atoms with Crippen LogP contribution in [0.1, 0.15) is 54.9 Å². The van der Waals surface area contributed by atoms with E-state index in [-0.39, 0.29) is 24.3 Å². The number of nitrogens with zero attached hydrogens (tertiary/aromatic N) is 3. The monoisotopic (exact) mass is 373 g/mol. The van der Waals surface area contributed by atoms with Gasteiger partial charge in [-0.25, -0.2) is 4.98 Å². The van der Waals surface area contributed by atoms with E-state index in [2.05, 4.69) is 20.2 Å². The number of carbonyl (C=O) groups is 1. The molecule has 2 fully saturated rings. The fourth-order valence-corrected chi connectivity index (χ4v) is 4.22. The summed E-state index contributed by atoms with van der Waals surface area (Å²) in [6, 6.07) is 2.70. The summed E-state index contributed by atoms with van der Waals surface area (Å²) in [5.74, 6) is 0.617. The van der Waals surface area contributed by atoms with E-state index < -0.39 is 0 Å². The van der Waals surface area contributed by atoms with Crippen LogP contribution in [0, 0.1) is 12.8 Å². The van der Waals surface area contributed by atoms with Gasteiger partial charge in [0.1, 0.15) is 11.7 Å². The van der Waals surface area contributed by atoms with Crippen LogP contribution < -0.4 is 16.0 Å². The second kappa shape index (κ2) is 8.80. The molecule has 0 radical (unpaired) electrons. The molecular weight excluding hydrogens is 342 g/mol. The van der Waals surface area contributed by atoms with Gasteiger partial charge in [0.15, 0.2) is 0 Å². The minimum atomic E-state index is -0.368. The number of pyridine rings is 1. The van der Waals surface area contributed by atoms with Gasteiger partial charge in [0.05, 0.1) is 5.56 Å². The molecule has 0 spiro atoms. The van der Waals surface area contributed by atoms with E-state index in [0.29, 0.717) is 30.0 Å². The van der Waals surface area contributed by atoms with Crippen molar-refractivity contribution < 1.29 is 9.90 Å². The van der Waals surface area contributed by atoms with Crippen LogP contribution in [-0.2, 0) is 0 Å². The number of carbonyl (C=O) groups excluding carboxylic acids is 1. The standard InChI is InChI=1S/C20H31N5O2/c1-13-9-17(20(27)23-14(2)21)19(22-10-13)25-8-7-18(15(11-25)12-26)24-16-5-3-4-6-16/h9-10,15-16,18,24,26H,3-8,11-12H2,1-2H3,(H2,21,23,27). The molecule has 1 aromatic heterocycles. The zero-order valence-electron chi connectivity index (χ0n) is 16.3. The molecule has 0 bridgehead atoms. The summed E-state index contributed by atoms with van der Waals surface area (Å²) in [6.45, 7) is 5.09.